The summed E-state index contributed by atoms with van der Waals surface area (Å²) in [5.74, 6) is -0.267. The average Bonchev–Trinajstić information content (AvgIpc) is 0.787. The second-order valence-corrected chi connectivity index (χ2v) is 28.5. The molecule has 3 fully saturated rings. The Hall–Kier alpha value is -1.47. The average molecular weight is 1360 g/mol. The lowest BCUT2D eigenvalue weighted by Crippen LogP contribution is -2.66. The third kappa shape index (κ3) is 39.0. The number of hydrogen-bond donors (Lipinski definition) is 12. The van der Waals surface area contributed by atoms with E-state index in [9.17, 15) is 61.0 Å². The number of carbonyl (C=O) groups excluding carboxylic acids is 1. The molecule has 0 spiro atoms. The summed E-state index contributed by atoms with van der Waals surface area (Å²) in [6, 6.07) is -0.970. The molecule has 3 aliphatic heterocycles. The van der Waals surface area contributed by atoms with Crippen LogP contribution < -0.4 is 5.32 Å². The summed E-state index contributed by atoms with van der Waals surface area (Å²) in [5, 5.41) is 121. The van der Waals surface area contributed by atoms with Gasteiger partial charge in [0.2, 0.25) is 5.91 Å². The lowest BCUT2D eigenvalue weighted by atomic mass is 9.96. The molecule has 0 radical (unpaired) electrons. The van der Waals surface area contributed by atoms with Crippen LogP contribution in [0.4, 0.5) is 0 Å². The van der Waals surface area contributed by atoms with Gasteiger partial charge < -0.3 is 89.9 Å². The van der Waals surface area contributed by atoms with E-state index in [1.165, 1.54) is 263 Å². The van der Waals surface area contributed by atoms with Crippen LogP contribution in [0.15, 0.2) is 12.2 Å². The predicted molar refractivity (Wildman–Crippen MR) is 374 cm³/mol. The summed E-state index contributed by atoms with van der Waals surface area (Å²) in [6.07, 6.45) is 40.5. The van der Waals surface area contributed by atoms with Gasteiger partial charge in [-0.25, -0.2) is 0 Å². The molecule has 0 bridgehead atoms. The van der Waals surface area contributed by atoms with E-state index in [2.05, 4.69) is 19.2 Å². The Kier molecular flexibility index (Phi) is 53.6. The first kappa shape index (κ1) is 87.7. The molecule has 0 saturated carbocycles. The minimum absolute atomic E-state index is 0.250. The smallest absolute Gasteiger partial charge is 0.220 e. The lowest BCUT2D eigenvalue weighted by molar-refractivity contribution is -0.379. The van der Waals surface area contributed by atoms with Crippen molar-refractivity contribution < 1.29 is 89.4 Å². The van der Waals surface area contributed by atoms with Crippen LogP contribution in [0.2, 0.25) is 0 Å². The van der Waals surface area contributed by atoms with Crippen molar-refractivity contribution in [3.8, 4) is 0 Å². The maximum Gasteiger partial charge on any atom is 0.220 e. The Balaban J connectivity index is 1.38. The highest BCUT2D eigenvalue weighted by atomic mass is 16.8. The number of aliphatic hydroxyl groups is 11. The highest BCUT2D eigenvalue weighted by Crippen LogP contribution is 2.33. The van der Waals surface area contributed by atoms with Crippen molar-refractivity contribution in [1.82, 2.24) is 5.32 Å². The van der Waals surface area contributed by atoms with Gasteiger partial charge >= 0.3 is 0 Å². The van der Waals surface area contributed by atoms with Gasteiger partial charge in [-0.3, -0.25) is 4.79 Å². The van der Waals surface area contributed by atoms with Crippen LogP contribution in [0.25, 0.3) is 0 Å². The summed E-state index contributed by atoms with van der Waals surface area (Å²) < 4.78 is 34.4. The Labute approximate surface area is 576 Å². The molecule has 19 nitrogen and oxygen atoms in total. The zero-order valence-corrected chi connectivity index (χ0v) is 59.9. The molecule has 3 rings (SSSR count). The van der Waals surface area contributed by atoms with E-state index in [0.717, 1.165) is 44.9 Å². The molecule has 3 heterocycles. The Bertz CT molecular complexity index is 1770. The number of nitrogens with one attached hydrogen (secondary N) is 1. The monoisotopic (exact) mass is 1360 g/mol. The van der Waals surface area contributed by atoms with Crippen LogP contribution in [0, 0.1) is 0 Å². The van der Waals surface area contributed by atoms with E-state index in [1.54, 1.807) is 6.08 Å². The van der Waals surface area contributed by atoms with Crippen LogP contribution in [0.1, 0.15) is 335 Å². The number of carbonyl (C=O) groups is 1. The lowest BCUT2D eigenvalue weighted by Gasteiger charge is -2.48. The molecule has 95 heavy (non-hydrogen) atoms. The maximum absolute atomic E-state index is 13.5. The number of rotatable bonds is 63. The van der Waals surface area contributed by atoms with E-state index in [0.29, 0.717) is 6.42 Å². The first-order chi connectivity index (χ1) is 46.3. The van der Waals surface area contributed by atoms with E-state index in [-0.39, 0.29) is 18.9 Å². The first-order valence-electron chi connectivity index (χ1n) is 39.4. The van der Waals surface area contributed by atoms with Crippen molar-refractivity contribution in [3.63, 3.8) is 0 Å². The standard InChI is InChI=1S/C76H145NO18/c1-3-5-7-9-11-13-15-17-19-21-23-25-27-28-29-30-31-32-34-36-38-40-42-44-46-48-50-52-54-64(82)77-59(60(81)53-51-49-47-45-43-41-39-37-35-33-26-24-22-20-18-16-14-12-10-8-6-4-2)58-90-74-70(88)67(85)72(62(56-79)92-74)95-76-71(89)68(86)73(63(57-80)93-76)94-75-69(87)66(84)65(83)61(55-78)91-75/h51,53,59-63,65-76,78-81,83-89H,3-50,52,54-58H2,1-2H3,(H,77,82)/b53-51+. The SMILES string of the molecule is CCCCCCCCCCCCCCCCCCCCCC/C=C/C(O)C(COC1OC(CO)C(OC2OC(CO)C(OC3OC(CO)C(O)C(O)C3O)C(O)C2O)C(O)C1O)NC(=O)CCCCCCCCCCCCCCCCCCCCCCCCCCCCCC. The van der Waals surface area contributed by atoms with Crippen molar-refractivity contribution in [2.75, 3.05) is 26.4 Å². The van der Waals surface area contributed by atoms with Crippen LogP contribution >= 0.6 is 0 Å². The van der Waals surface area contributed by atoms with Gasteiger partial charge in [-0.2, -0.15) is 0 Å². The van der Waals surface area contributed by atoms with Gasteiger partial charge in [-0.05, 0) is 19.3 Å². The van der Waals surface area contributed by atoms with E-state index >= 15 is 0 Å². The minimum atomic E-state index is -1.98. The number of allylic oxidation sites excluding steroid dienone is 1. The number of amides is 1. The molecule has 17 unspecified atom stereocenters. The van der Waals surface area contributed by atoms with Crippen LogP contribution in [-0.2, 0) is 33.2 Å². The molecule has 0 aliphatic carbocycles. The number of unbranched alkanes of at least 4 members (excludes halogenated alkanes) is 47. The quantitative estimate of drug-likeness (QED) is 0.0199. The molecule has 17 atom stereocenters. The predicted octanol–water partition coefficient (Wildman–Crippen LogP) is 12.4. The third-order valence-electron chi connectivity index (χ3n) is 20.1. The molecular weight excluding hydrogens is 1210 g/mol. The van der Waals surface area contributed by atoms with E-state index < -0.39 is 124 Å². The van der Waals surface area contributed by atoms with Crippen molar-refractivity contribution in [2.45, 2.75) is 439 Å². The van der Waals surface area contributed by atoms with Crippen LogP contribution in [0.3, 0.4) is 0 Å². The van der Waals surface area contributed by atoms with Gasteiger partial charge in [-0.1, -0.05) is 321 Å². The van der Waals surface area contributed by atoms with Crippen molar-refractivity contribution in [3.05, 3.63) is 12.2 Å². The summed E-state index contributed by atoms with van der Waals surface area (Å²) in [7, 11) is 0. The fourth-order valence-corrected chi connectivity index (χ4v) is 13.7. The van der Waals surface area contributed by atoms with Crippen LogP contribution in [-0.4, -0.2) is 193 Å². The molecule has 3 aliphatic rings. The zero-order valence-electron chi connectivity index (χ0n) is 59.9. The van der Waals surface area contributed by atoms with Gasteiger partial charge in [-0.15, -0.1) is 0 Å². The fourth-order valence-electron chi connectivity index (χ4n) is 13.7. The topological polar surface area (TPSA) is 307 Å². The van der Waals surface area contributed by atoms with Gasteiger partial charge in [0.25, 0.3) is 0 Å². The molecule has 0 aromatic rings. The van der Waals surface area contributed by atoms with Crippen molar-refractivity contribution >= 4 is 5.91 Å². The summed E-state index contributed by atoms with van der Waals surface area (Å²) in [4.78, 5) is 13.5. The first-order valence-corrected chi connectivity index (χ1v) is 39.4. The summed E-state index contributed by atoms with van der Waals surface area (Å²) in [6.45, 7) is 1.80. The molecular formula is C76H145NO18. The molecule has 19 heteroatoms. The second-order valence-electron chi connectivity index (χ2n) is 28.5. The highest BCUT2D eigenvalue weighted by molar-refractivity contribution is 5.76. The molecule has 3 saturated heterocycles. The van der Waals surface area contributed by atoms with Gasteiger partial charge in [0.15, 0.2) is 18.9 Å². The number of aliphatic hydroxyl groups excluding tert-OH is 11. The van der Waals surface area contributed by atoms with E-state index in [1.807, 2.05) is 6.08 Å². The van der Waals surface area contributed by atoms with E-state index in [4.69, 9.17) is 28.4 Å². The number of ether oxygens (including phenoxy) is 6. The third-order valence-corrected chi connectivity index (χ3v) is 20.1. The Morgan fingerprint density at radius 1 is 0.368 bits per heavy atom. The van der Waals surface area contributed by atoms with Crippen molar-refractivity contribution in [1.29, 1.82) is 0 Å². The van der Waals surface area contributed by atoms with Crippen molar-refractivity contribution in [2.24, 2.45) is 0 Å². The van der Waals surface area contributed by atoms with Gasteiger partial charge in [0, 0.05) is 6.42 Å². The maximum atomic E-state index is 13.5. The molecule has 12 N–H and O–H groups in total. The highest BCUT2D eigenvalue weighted by Gasteiger charge is 2.53. The molecule has 562 valence electrons. The molecule has 0 aromatic carbocycles. The number of hydrogen-bond acceptors (Lipinski definition) is 18. The molecule has 1 amide bonds. The second kappa shape index (κ2) is 58.1. The fraction of sp³-hybridized carbons (Fsp3) is 0.961. The minimum Gasteiger partial charge on any atom is -0.394 e. The largest absolute Gasteiger partial charge is 0.394 e. The van der Waals surface area contributed by atoms with Crippen LogP contribution in [0.5, 0.6) is 0 Å². The normalized spacial score (nSPS) is 27.2. The Morgan fingerprint density at radius 2 is 0.653 bits per heavy atom. The van der Waals surface area contributed by atoms with Gasteiger partial charge in [0.1, 0.15) is 73.2 Å². The zero-order chi connectivity index (χ0) is 68.9. The van der Waals surface area contributed by atoms with Gasteiger partial charge in [0.05, 0.1) is 38.6 Å². The molecule has 0 aromatic heterocycles. The Morgan fingerprint density at radius 3 is 0.989 bits per heavy atom. The summed E-state index contributed by atoms with van der Waals surface area (Å²) >= 11 is 0. The summed E-state index contributed by atoms with van der Waals surface area (Å²) in [5.41, 5.74) is 0.